The smallest absolute Gasteiger partial charge is 0.321 e. The third-order valence-electron chi connectivity index (χ3n) is 2.25. The van der Waals surface area contributed by atoms with Crippen LogP contribution in [0.3, 0.4) is 0 Å². The number of carbonyl (C=O) groups excluding carboxylic acids is 1. The van der Waals surface area contributed by atoms with Gasteiger partial charge in [0.1, 0.15) is 6.04 Å². The maximum Gasteiger partial charge on any atom is 0.321 e. The van der Waals surface area contributed by atoms with E-state index in [0.717, 1.165) is 0 Å². The number of nitrogens with two attached hydrogens (primary N) is 2. The molecule has 1 aromatic heterocycles. The van der Waals surface area contributed by atoms with Crippen LogP contribution < -0.4 is 11.5 Å². The number of rotatable bonds is 5. The van der Waals surface area contributed by atoms with Crippen molar-refractivity contribution in [1.82, 2.24) is 9.97 Å². The van der Waals surface area contributed by atoms with Gasteiger partial charge >= 0.3 is 5.97 Å². The van der Waals surface area contributed by atoms with Gasteiger partial charge in [-0.3, -0.25) is 9.59 Å². The highest BCUT2D eigenvalue weighted by Gasteiger charge is 2.34. The van der Waals surface area contributed by atoms with E-state index in [1.165, 1.54) is 19.4 Å². The van der Waals surface area contributed by atoms with Gasteiger partial charge in [-0.2, -0.15) is 0 Å². The normalized spacial score (nSPS) is 16.4. The van der Waals surface area contributed by atoms with Gasteiger partial charge in [-0.25, -0.2) is 4.98 Å². The number of nitrogens with one attached hydrogen (secondary N) is 1. The molecule has 2 unspecified atom stereocenters. The van der Waals surface area contributed by atoms with E-state index in [9.17, 15) is 9.59 Å². The van der Waals surface area contributed by atoms with Crippen molar-refractivity contribution in [3.8, 4) is 0 Å². The number of carboxylic acid groups (broad SMARTS) is 1. The number of hydrogen-bond acceptors (Lipinski definition) is 5. The highest BCUT2D eigenvalue weighted by atomic mass is 16.4. The summed E-state index contributed by atoms with van der Waals surface area (Å²) in [5.41, 5.74) is 11.3. The van der Waals surface area contributed by atoms with Crippen LogP contribution in [0.2, 0.25) is 0 Å². The topological polar surface area (TPSA) is 135 Å². The van der Waals surface area contributed by atoms with E-state index in [1.807, 2.05) is 0 Å². The Morgan fingerprint density at radius 2 is 2.12 bits per heavy atom. The molecule has 3 atom stereocenters. The van der Waals surface area contributed by atoms with Crippen LogP contribution in [0.25, 0.3) is 0 Å². The Bertz CT molecular complexity index is 374. The first-order chi connectivity index (χ1) is 7.45. The summed E-state index contributed by atoms with van der Waals surface area (Å²) in [6.07, 6.45) is 2.72. The lowest BCUT2D eigenvalue weighted by atomic mass is 9.89. The summed E-state index contributed by atoms with van der Waals surface area (Å²) in [5.74, 6) is -2.69. The molecule has 88 valence electrons. The first kappa shape index (κ1) is 12.3. The molecule has 16 heavy (non-hydrogen) atoms. The molecule has 7 nitrogen and oxygen atoms in total. The lowest BCUT2D eigenvalue weighted by Crippen LogP contribution is -2.45. The van der Waals surface area contributed by atoms with Crippen molar-refractivity contribution in [1.29, 1.82) is 0 Å². The molecule has 1 heterocycles. The molecule has 1 rings (SSSR count). The lowest BCUT2D eigenvalue weighted by Gasteiger charge is -2.19. The Morgan fingerprint density at radius 1 is 1.50 bits per heavy atom. The highest BCUT2D eigenvalue weighted by Crippen LogP contribution is 2.18. The molecule has 6 N–H and O–H groups in total. The fourth-order valence-electron chi connectivity index (χ4n) is 1.39. The van der Waals surface area contributed by atoms with Crippen LogP contribution in [0, 0.1) is 0 Å². The van der Waals surface area contributed by atoms with Gasteiger partial charge in [-0.15, -0.1) is 0 Å². The number of ketones is 1. The van der Waals surface area contributed by atoms with Crippen molar-refractivity contribution in [3.05, 3.63) is 18.2 Å². The largest absolute Gasteiger partial charge is 0.480 e. The SMILES string of the molecule is CC(N)C(=O)C(c1cnc[nH]1)[C@H](N)C(=O)O. The quantitative estimate of drug-likeness (QED) is 0.499. The Hall–Kier alpha value is -1.73. The lowest BCUT2D eigenvalue weighted by molar-refractivity contribution is -0.141. The fraction of sp³-hybridized carbons (Fsp3) is 0.444. The first-order valence-corrected chi connectivity index (χ1v) is 4.71. The summed E-state index contributed by atoms with van der Waals surface area (Å²) in [5, 5.41) is 8.83. The van der Waals surface area contributed by atoms with Crippen molar-refractivity contribution < 1.29 is 14.7 Å². The van der Waals surface area contributed by atoms with Gasteiger partial charge in [-0.05, 0) is 6.92 Å². The number of aliphatic carboxylic acids is 1. The molecule has 0 aliphatic heterocycles. The van der Waals surface area contributed by atoms with Gasteiger partial charge in [0, 0.05) is 11.9 Å². The summed E-state index contributed by atoms with van der Waals surface area (Å²) < 4.78 is 0. The number of aromatic amines is 1. The highest BCUT2D eigenvalue weighted by molar-refractivity contribution is 5.94. The zero-order valence-electron chi connectivity index (χ0n) is 8.75. The Morgan fingerprint density at radius 3 is 2.50 bits per heavy atom. The molecule has 0 saturated carbocycles. The van der Waals surface area contributed by atoms with Crippen LogP contribution in [0.5, 0.6) is 0 Å². The van der Waals surface area contributed by atoms with Crippen LogP contribution in [0.15, 0.2) is 12.5 Å². The monoisotopic (exact) mass is 226 g/mol. The van der Waals surface area contributed by atoms with E-state index >= 15 is 0 Å². The minimum absolute atomic E-state index is 0.359. The summed E-state index contributed by atoms with van der Waals surface area (Å²) in [6, 6.07) is -2.11. The molecule has 0 spiro atoms. The average molecular weight is 226 g/mol. The Labute approximate surface area is 91.8 Å². The molecule has 1 aromatic rings. The number of nitrogens with zero attached hydrogens (tertiary/aromatic N) is 1. The van der Waals surface area contributed by atoms with E-state index in [0.29, 0.717) is 5.69 Å². The van der Waals surface area contributed by atoms with Gasteiger partial charge in [-0.1, -0.05) is 0 Å². The van der Waals surface area contributed by atoms with E-state index in [2.05, 4.69) is 9.97 Å². The second kappa shape index (κ2) is 4.86. The number of aromatic nitrogens is 2. The Balaban J connectivity index is 3.04. The molecule has 0 bridgehead atoms. The molecule has 0 aliphatic rings. The maximum absolute atomic E-state index is 11.8. The van der Waals surface area contributed by atoms with Crippen molar-refractivity contribution in [3.63, 3.8) is 0 Å². The van der Waals surface area contributed by atoms with Gasteiger partial charge < -0.3 is 21.6 Å². The van der Waals surface area contributed by atoms with E-state index in [1.54, 1.807) is 0 Å². The van der Waals surface area contributed by atoms with Crippen molar-refractivity contribution >= 4 is 11.8 Å². The van der Waals surface area contributed by atoms with Crippen molar-refractivity contribution in [2.75, 3.05) is 0 Å². The van der Waals surface area contributed by atoms with Crippen LogP contribution in [0.1, 0.15) is 18.5 Å². The van der Waals surface area contributed by atoms with Crippen LogP contribution in [-0.2, 0) is 9.59 Å². The van der Waals surface area contributed by atoms with Crippen LogP contribution >= 0.6 is 0 Å². The van der Waals surface area contributed by atoms with Gasteiger partial charge in [0.15, 0.2) is 5.78 Å². The molecule has 0 amide bonds. The van der Waals surface area contributed by atoms with Crippen molar-refractivity contribution in [2.45, 2.75) is 24.9 Å². The molecule has 0 fully saturated rings. The number of hydrogen-bond donors (Lipinski definition) is 4. The molecular formula is C9H14N4O3. The minimum atomic E-state index is -1.33. The number of imidazole rings is 1. The Kier molecular flexibility index (Phi) is 3.75. The molecule has 0 aromatic carbocycles. The standard InChI is InChI=1S/C9H14N4O3/c1-4(10)8(14)6(7(11)9(15)16)5-2-12-3-13-5/h2-4,6-7H,10-11H2,1H3,(H,12,13)(H,15,16)/t4?,6?,7-/m0/s1. The van der Waals surface area contributed by atoms with E-state index in [-0.39, 0.29) is 0 Å². The molecule has 0 aliphatic carbocycles. The van der Waals surface area contributed by atoms with E-state index in [4.69, 9.17) is 16.6 Å². The second-order valence-electron chi connectivity index (χ2n) is 3.54. The maximum atomic E-state index is 11.8. The molecular weight excluding hydrogens is 212 g/mol. The number of H-pyrrole nitrogens is 1. The van der Waals surface area contributed by atoms with Crippen LogP contribution in [0.4, 0.5) is 0 Å². The van der Waals surface area contributed by atoms with Gasteiger partial charge in [0.25, 0.3) is 0 Å². The van der Waals surface area contributed by atoms with Crippen LogP contribution in [-0.4, -0.2) is 38.9 Å². The molecule has 0 saturated heterocycles. The summed E-state index contributed by atoms with van der Waals surface area (Å²) in [6.45, 7) is 1.49. The molecule has 7 heteroatoms. The second-order valence-corrected chi connectivity index (χ2v) is 3.54. The zero-order valence-corrected chi connectivity index (χ0v) is 8.75. The summed E-state index contributed by atoms with van der Waals surface area (Å²) in [7, 11) is 0. The van der Waals surface area contributed by atoms with Crippen molar-refractivity contribution in [2.24, 2.45) is 11.5 Å². The van der Waals surface area contributed by atoms with Gasteiger partial charge in [0.2, 0.25) is 0 Å². The summed E-state index contributed by atoms with van der Waals surface area (Å²) >= 11 is 0. The third kappa shape index (κ3) is 2.44. The number of Topliss-reactive ketones (excluding diaryl/α,β-unsaturated/α-hetero) is 1. The minimum Gasteiger partial charge on any atom is -0.480 e. The average Bonchev–Trinajstić information content (AvgIpc) is 2.70. The first-order valence-electron chi connectivity index (χ1n) is 4.71. The van der Waals surface area contributed by atoms with E-state index < -0.39 is 29.8 Å². The number of carbonyl (C=O) groups is 2. The molecule has 0 radical (unpaired) electrons. The zero-order chi connectivity index (χ0) is 12.3. The van der Waals surface area contributed by atoms with Gasteiger partial charge in [0.05, 0.1) is 18.3 Å². The third-order valence-corrected chi connectivity index (χ3v) is 2.25. The number of carboxylic acids is 1. The summed E-state index contributed by atoms with van der Waals surface area (Å²) in [4.78, 5) is 29.0. The fourth-order valence-corrected chi connectivity index (χ4v) is 1.39. The predicted octanol–water partition coefficient (Wildman–Crippen LogP) is -1.18. The predicted molar refractivity (Wildman–Crippen MR) is 55.6 cm³/mol.